The average Bonchev–Trinajstić information content (AvgIpc) is 3.06. The monoisotopic (exact) mass is 309 g/mol. The van der Waals surface area contributed by atoms with E-state index in [0.717, 1.165) is 56.8 Å². The molecule has 1 aromatic heterocycles. The molecule has 0 unspecified atom stereocenters. The van der Waals surface area contributed by atoms with Gasteiger partial charge in [0.25, 0.3) is 0 Å². The van der Waals surface area contributed by atoms with Crippen molar-refractivity contribution in [2.75, 3.05) is 19.8 Å². The number of aryl methyl sites for hydroxylation is 1. The van der Waals surface area contributed by atoms with Crippen LogP contribution in [0.3, 0.4) is 0 Å². The number of aromatic nitrogens is 2. The maximum Gasteiger partial charge on any atom is 0.168 e. The van der Waals surface area contributed by atoms with Gasteiger partial charge in [-0.05, 0) is 26.7 Å². The Bertz CT molecular complexity index is 499. The lowest BCUT2D eigenvalue weighted by Gasteiger charge is -2.35. The zero-order chi connectivity index (χ0) is 15.6. The molecule has 2 aliphatic rings. The minimum atomic E-state index is -0.282. The third kappa shape index (κ3) is 3.20. The third-order valence-corrected chi connectivity index (χ3v) is 4.97. The summed E-state index contributed by atoms with van der Waals surface area (Å²) < 4.78 is 13.4. The lowest BCUT2D eigenvalue weighted by molar-refractivity contribution is -0.179. The SMILES string of the molecule is Cc1nn(CCO)c(C)c1CNC1CCC2(CC1)OCCO2. The molecular weight excluding hydrogens is 282 g/mol. The van der Waals surface area contributed by atoms with Gasteiger partial charge in [-0.2, -0.15) is 5.10 Å². The van der Waals surface area contributed by atoms with Crippen LogP contribution in [0.2, 0.25) is 0 Å². The molecule has 1 aromatic rings. The van der Waals surface area contributed by atoms with Crippen molar-refractivity contribution in [2.24, 2.45) is 0 Å². The van der Waals surface area contributed by atoms with Gasteiger partial charge in [-0.1, -0.05) is 0 Å². The fraction of sp³-hybridized carbons (Fsp3) is 0.812. The Kier molecular flexibility index (Phi) is 4.82. The predicted molar refractivity (Wildman–Crippen MR) is 82.5 cm³/mol. The summed E-state index contributed by atoms with van der Waals surface area (Å²) in [4.78, 5) is 0. The van der Waals surface area contributed by atoms with Gasteiger partial charge in [0, 0.05) is 36.7 Å². The summed E-state index contributed by atoms with van der Waals surface area (Å²) in [5.41, 5.74) is 3.45. The number of hydrogen-bond donors (Lipinski definition) is 2. The van der Waals surface area contributed by atoms with E-state index in [2.05, 4.69) is 17.3 Å². The lowest BCUT2D eigenvalue weighted by atomic mass is 9.90. The Labute approximate surface area is 131 Å². The maximum atomic E-state index is 9.08. The van der Waals surface area contributed by atoms with Crippen LogP contribution in [0, 0.1) is 13.8 Å². The first-order chi connectivity index (χ1) is 10.6. The highest BCUT2D eigenvalue weighted by Crippen LogP contribution is 2.35. The molecule has 0 amide bonds. The molecule has 0 aromatic carbocycles. The first-order valence-corrected chi connectivity index (χ1v) is 8.28. The summed E-state index contributed by atoms with van der Waals surface area (Å²) in [6.45, 7) is 7.10. The Balaban J connectivity index is 1.53. The largest absolute Gasteiger partial charge is 0.394 e. The van der Waals surface area contributed by atoms with Gasteiger partial charge in [0.15, 0.2) is 5.79 Å². The predicted octanol–water partition coefficient (Wildman–Crippen LogP) is 1.27. The van der Waals surface area contributed by atoms with E-state index in [1.54, 1.807) is 0 Å². The van der Waals surface area contributed by atoms with Crippen LogP contribution in [0.4, 0.5) is 0 Å². The molecule has 0 radical (unpaired) electrons. The van der Waals surface area contributed by atoms with Crippen LogP contribution < -0.4 is 5.32 Å². The molecule has 1 aliphatic carbocycles. The van der Waals surface area contributed by atoms with Crippen molar-refractivity contribution < 1.29 is 14.6 Å². The van der Waals surface area contributed by atoms with Crippen LogP contribution in [0.1, 0.15) is 42.6 Å². The maximum absolute atomic E-state index is 9.08. The second-order valence-electron chi connectivity index (χ2n) is 6.36. The molecule has 124 valence electrons. The number of ether oxygens (including phenoxy) is 2. The molecule has 1 spiro atoms. The van der Waals surface area contributed by atoms with Crippen molar-refractivity contribution in [3.8, 4) is 0 Å². The number of nitrogens with one attached hydrogen (secondary N) is 1. The minimum absolute atomic E-state index is 0.125. The molecule has 6 nitrogen and oxygen atoms in total. The van der Waals surface area contributed by atoms with E-state index >= 15 is 0 Å². The highest BCUT2D eigenvalue weighted by molar-refractivity contribution is 5.24. The van der Waals surface area contributed by atoms with Gasteiger partial charge in [-0.15, -0.1) is 0 Å². The highest BCUT2D eigenvalue weighted by Gasteiger charge is 2.40. The fourth-order valence-electron chi connectivity index (χ4n) is 3.60. The summed E-state index contributed by atoms with van der Waals surface area (Å²) in [5, 5.41) is 17.2. The molecule has 6 heteroatoms. The number of aliphatic hydroxyl groups excluding tert-OH is 1. The van der Waals surface area contributed by atoms with Crippen LogP contribution >= 0.6 is 0 Å². The zero-order valence-corrected chi connectivity index (χ0v) is 13.6. The Hall–Kier alpha value is -0.950. The topological polar surface area (TPSA) is 68.5 Å². The van der Waals surface area contributed by atoms with Gasteiger partial charge in [-0.25, -0.2) is 0 Å². The molecule has 1 saturated heterocycles. The van der Waals surface area contributed by atoms with Crippen molar-refractivity contribution >= 4 is 0 Å². The molecule has 1 aliphatic heterocycles. The quantitative estimate of drug-likeness (QED) is 0.857. The van der Waals surface area contributed by atoms with Crippen LogP contribution in [-0.4, -0.2) is 46.5 Å². The lowest BCUT2D eigenvalue weighted by Crippen LogP contribution is -2.41. The van der Waals surface area contributed by atoms with E-state index in [4.69, 9.17) is 14.6 Å². The normalized spacial score (nSPS) is 21.8. The third-order valence-electron chi connectivity index (χ3n) is 4.97. The number of hydrogen-bond acceptors (Lipinski definition) is 5. The fourth-order valence-corrected chi connectivity index (χ4v) is 3.60. The number of nitrogens with zero attached hydrogens (tertiary/aromatic N) is 2. The van der Waals surface area contributed by atoms with E-state index in [9.17, 15) is 0 Å². The molecule has 1 saturated carbocycles. The van der Waals surface area contributed by atoms with Gasteiger partial charge >= 0.3 is 0 Å². The van der Waals surface area contributed by atoms with E-state index < -0.39 is 0 Å². The van der Waals surface area contributed by atoms with Crippen molar-refractivity contribution in [2.45, 2.75) is 64.4 Å². The minimum Gasteiger partial charge on any atom is -0.394 e. The van der Waals surface area contributed by atoms with Crippen molar-refractivity contribution in [1.29, 1.82) is 0 Å². The Morgan fingerprint density at radius 1 is 1.27 bits per heavy atom. The van der Waals surface area contributed by atoms with Gasteiger partial charge in [0.2, 0.25) is 0 Å². The van der Waals surface area contributed by atoms with Gasteiger partial charge in [-0.3, -0.25) is 4.68 Å². The molecule has 22 heavy (non-hydrogen) atoms. The summed E-state index contributed by atoms with van der Waals surface area (Å²) in [7, 11) is 0. The molecule has 2 fully saturated rings. The first kappa shape index (κ1) is 15.9. The van der Waals surface area contributed by atoms with Gasteiger partial charge in [0.05, 0.1) is 32.1 Å². The second kappa shape index (κ2) is 6.66. The molecule has 0 bridgehead atoms. The molecular formula is C16H27N3O3. The van der Waals surface area contributed by atoms with Crippen LogP contribution in [0.5, 0.6) is 0 Å². The van der Waals surface area contributed by atoms with Crippen LogP contribution in [-0.2, 0) is 22.6 Å². The summed E-state index contributed by atoms with van der Waals surface area (Å²) in [5.74, 6) is -0.282. The van der Waals surface area contributed by atoms with Crippen LogP contribution in [0.25, 0.3) is 0 Å². The summed E-state index contributed by atoms with van der Waals surface area (Å²) >= 11 is 0. The summed E-state index contributed by atoms with van der Waals surface area (Å²) in [6.07, 6.45) is 4.13. The van der Waals surface area contributed by atoms with E-state index in [1.807, 2.05) is 11.6 Å². The molecule has 2 N–H and O–H groups in total. The zero-order valence-electron chi connectivity index (χ0n) is 13.6. The number of rotatable bonds is 5. The van der Waals surface area contributed by atoms with Crippen molar-refractivity contribution in [1.82, 2.24) is 15.1 Å². The van der Waals surface area contributed by atoms with Crippen molar-refractivity contribution in [3.05, 3.63) is 17.0 Å². The standard InChI is InChI=1S/C16H27N3O3/c1-12-15(13(2)19(18-12)7-8-20)11-17-14-3-5-16(6-4-14)21-9-10-22-16/h14,17,20H,3-11H2,1-2H3. The summed E-state index contributed by atoms with van der Waals surface area (Å²) in [6, 6.07) is 0.512. The van der Waals surface area contributed by atoms with Crippen LogP contribution in [0.15, 0.2) is 0 Å². The van der Waals surface area contributed by atoms with E-state index in [-0.39, 0.29) is 12.4 Å². The van der Waals surface area contributed by atoms with Gasteiger partial charge in [0.1, 0.15) is 0 Å². The average molecular weight is 309 g/mol. The van der Waals surface area contributed by atoms with E-state index in [0.29, 0.717) is 12.6 Å². The smallest absolute Gasteiger partial charge is 0.168 e. The first-order valence-electron chi connectivity index (χ1n) is 8.28. The van der Waals surface area contributed by atoms with Gasteiger partial charge < -0.3 is 19.9 Å². The Morgan fingerprint density at radius 3 is 2.59 bits per heavy atom. The highest BCUT2D eigenvalue weighted by atomic mass is 16.7. The van der Waals surface area contributed by atoms with E-state index in [1.165, 1.54) is 5.56 Å². The number of aliphatic hydroxyl groups is 1. The molecule has 2 heterocycles. The molecule has 0 atom stereocenters. The molecule has 3 rings (SSSR count). The second-order valence-corrected chi connectivity index (χ2v) is 6.36. The van der Waals surface area contributed by atoms with Crippen molar-refractivity contribution in [3.63, 3.8) is 0 Å². The Morgan fingerprint density at radius 2 is 1.95 bits per heavy atom.